The van der Waals surface area contributed by atoms with Crippen molar-refractivity contribution in [1.82, 2.24) is 15.1 Å². The van der Waals surface area contributed by atoms with Crippen molar-refractivity contribution in [3.05, 3.63) is 83.7 Å². The summed E-state index contributed by atoms with van der Waals surface area (Å²) in [5, 5.41) is 10.1. The number of hydrogen-bond donors (Lipinski definition) is 2. The minimum absolute atomic E-state index is 0.201. The number of anilines is 1. The number of nitrogens with one attached hydrogen (secondary N) is 2. The zero-order valence-corrected chi connectivity index (χ0v) is 18.2. The van der Waals surface area contributed by atoms with Crippen molar-refractivity contribution in [3.8, 4) is 0 Å². The quantitative estimate of drug-likeness (QED) is 0.525. The Morgan fingerprint density at radius 3 is 2.84 bits per heavy atom. The van der Waals surface area contributed by atoms with Gasteiger partial charge in [0, 0.05) is 31.2 Å². The molecular weight excluding hydrogens is 404 g/mol. The van der Waals surface area contributed by atoms with Crippen LogP contribution in [0, 0.1) is 0 Å². The minimum atomic E-state index is -0.243. The molecule has 0 saturated carbocycles. The van der Waals surface area contributed by atoms with Crippen molar-refractivity contribution < 1.29 is 14.3 Å². The Hall–Kier alpha value is -3.16. The Labute approximate surface area is 188 Å². The summed E-state index contributed by atoms with van der Waals surface area (Å²) in [4.78, 5) is 12.5. The maximum atomic E-state index is 12.5. The molecule has 3 aromatic rings. The van der Waals surface area contributed by atoms with E-state index in [1.165, 1.54) is 6.42 Å². The number of benzene rings is 2. The molecule has 1 aliphatic heterocycles. The van der Waals surface area contributed by atoms with Crippen LogP contribution in [-0.2, 0) is 29.2 Å². The van der Waals surface area contributed by atoms with E-state index in [4.69, 9.17) is 9.47 Å². The number of hydrogen-bond acceptors (Lipinski definition) is 4. The van der Waals surface area contributed by atoms with E-state index in [1.54, 1.807) is 6.20 Å². The smallest absolute Gasteiger partial charge is 0.319 e. The molecule has 32 heavy (non-hydrogen) atoms. The van der Waals surface area contributed by atoms with Gasteiger partial charge in [0.1, 0.15) is 0 Å². The van der Waals surface area contributed by atoms with Crippen molar-refractivity contribution in [1.29, 1.82) is 0 Å². The monoisotopic (exact) mass is 434 g/mol. The van der Waals surface area contributed by atoms with Gasteiger partial charge >= 0.3 is 6.03 Å². The lowest BCUT2D eigenvalue weighted by Crippen LogP contribution is -2.28. The van der Waals surface area contributed by atoms with Gasteiger partial charge in [-0.05, 0) is 54.2 Å². The number of carbonyl (C=O) groups is 1. The number of carbonyl (C=O) groups excluding carboxylic acids is 1. The topological polar surface area (TPSA) is 77.4 Å². The molecule has 1 unspecified atom stereocenters. The number of nitrogens with zero attached hydrogens (tertiary/aromatic N) is 2. The number of urea groups is 1. The lowest BCUT2D eigenvalue weighted by molar-refractivity contribution is -0.0447. The molecule has 0 aliphatic carbocycles. The first kappa shape index (κ1) is 22.0. The van der Waals surface area contributed by atoms with Crippen molar-refractivity contribution >= 4 is 11.7 Å². The van der Waals surface area contributed by atoms with Crippen molar-refractivity contribution in [2.75, 3.05) is 18.5 Å². The Kier molecular flexibility index (Phi) is 7.89. The van der Waals surface area contributed by atoms with E-state index in [2.05, 4.69) is 21.8 Å². The van der Waals surface area contributed by atoms with Gasteiger partial charge in [0.05, 0.1) is 25.9 Å². The second kappa shape index (κ2) is 11.5. The summed E-state index contributed by atoms with van der Waals surface area (Å²) in [5.41, 5.74) is 3.94. The van der Waals surface area contributed by atoms with Crippen LogP contribution in [-0.4, -0.2) is 35.1 Å². The molecule has 2 aromatic carbocycles. The van der Waals surface area contributed by atoms with Crippen LogP contribution in [0.15, 0.2) is 67.0 Å². The van der Waals surface area contributed by atoms with Crippen molar-refractivity contribution in [3.63, 3.8) is 0 Å². The van der Waals surface area contributed by atoms with Gasteiger partial charge in [-0.2, -0.15) is 5.10 Å². The SMILES string of the molecule is O=C(NCc1ccccc1Cn1cccn1)Nc1cccc(COCC2CCCCO2)c1. The first-order chi connectivity index (χ1) is 15.8. The van der Waals surface area contributed by atoms with E-state index in [1.807, 2.05) is 59.4 Å². The van der Waals surface area contributed by atoms with E-state index in [9.17, 15) is 4.79 Å². The molecule has 2 amide bonds. The Balaban J connectivity index is 1.25. The van der Waals surface area contributed by atoms with E-state index < -0.39 is 0 Å². The fourth-order valence-electron chi connectivity index (χ4n) is 3.79. The van der Waals surface area contributed by atoms with E-state index in [0.717, 1.165) is 41.8 Å². The number of amides is 2. The summed E-state index contributed by atoms with van der Waals surface area (Å²) in [6.07, 6.45) is 7.30. The fourth-order valence-corrected chi connectivity index (χ4v) is 3.79. The van der Waals surface area contributed by atoms with Gasteiger partial charge in [0.25, 0.3) is 0 Å². The standard InChI is InChI=1S/C25H30N4O3/c30-25(26-16-21-8-1-2-9-22(21)17-29-13-6-12-27-29)28-23-10-5-7-20(15-23)18-31-19-24-11-3-4-14-32-24/h1-2,5-10,12-13,15,24H,3-4,11,14,16-19H2,(H2,26,28,30). The van der Waals surface area contributed by atoms with Gasteiger partial charge in [-0.25, -0.2) is 4.79 Å². The van der Waals surface area contributed by atoms with Crippen LogP contribution in [0.1, 0.15) is 36.0 Å². The van der Waals surface area contributed by atoms with Crippen LogP contribution >= 0.6 is 0 Å². The fraction of sp³-hybridized carbons (Fsp3) is 0.360. The van der Waals surface area contributed by atoms with Crippen LogP contribution in [0.25, 0.3) is 0 Å². The van der Waals surface area contributed by atoms with Crippen LogP contribution < -0.4 is 10.6 Å². The largest absolute Gasteiger partial charge is 0.376 e. The van der Waals surface area contributed by atoms with Crippen LogP contribution in [0.4, 0.5) is 10.5 Å². The lowest BCUT2D eigenvalue weighted by atomic mass is 10.1. The molecule has 1 aliphatic rings. The van der Waals surface area contributed by atoms with Crippen LogP contribution in [0.3, 0.4) is 0 Å². The normalized spacial score (nSPS) is 15.9. The number of aromatic nitrogens is 2. The predicted molar refractivity (Wildman–Crippen MR) is 123 cm³/mol. The zero-order valence-electron chi connectivity index (χ0n) is 18.2. The summed E-state index contributed by atoms with van der Waals surface area (Å²) >= 11 is 0. The second-order valence-corrected chi connectivity index (χ2v) is 7.98. The molecule has 168 valence electrons. The van der Waals surface area contributed by atoms with Crippen molar-refractivity contribution in [2.24, 2.45) is 0 Å². The summed E-state index contributed by atoms with van der Waals surface area (Å²) in [5.74, 6) is 0. The average Bonchev–Trinajstić information content (AvgIpc) is 3.33. The van der Waals surface area contributed by atoms with E-state index >= 15 is 0 Å². The highest BCUT2D eigenvalue weighted by atomic mass is 16.5. The van der Waals surface area contributed by atoms with Crippen molar-refractivity contribution in [2.45, 2.75) is 45.1 Å². The highest BCUT2D eigenvalue weighted by Gasteiger charge is 2.13. The van der Waals surface area contributed by atoms with E-state index in [0.29, 0.717) is 26.3 Å². The molecule has 1 atom stereocenters. The second-order valence-electron chi connectivity index (χ2n) is 7.98. The molecule has 0 bridgehead atoms. The van der Waals surface area contributed by atoms with Gasteiger partial charge in [-0.3, -0.25) is 4.68 Å². The predicted octanol–water partition coefficient (Wildman–Crippen LogP) is 4.34. The van der Waals surface area contributed by atoms with Gasteiger partial charge in [-0.1, -0.05) is 36.4 Å². The zero-order chi connectivity index (χ0) is 22.0. The average molecular weight is 435 g/mol. The minimum Gasteiger partial charge on any atom is -0.376 e. The van der Waals surface area contributed by atoms with E-state index in [-0.39, 0.29) is 12.1 Å². The molecule has 2 heterocycles. The lowest BCUT2D eigenvalue weighted by Gasteiger charge is -2.22. The highest BCUT2D eigenvalue weighted by molar-refractivity contribution is 5.89. The highest BCUT2D eigenvalue weighted by Crippen LogP contribution is 2.16. The third-order valence-electron chi connectivity index (χ3n) is 5.48. The molecule has 1 fully saturated rings. The van der Waals surface area contributed by atoms with Gasteiger partial charge in [0.15, 0.2) is 0 Å². The first-order valence-electron chi connectivity index (χ1n) is 11.1. The van der Waals surface area contributed by atoms with Gasteiger partial charge < -0.3 is 20.1 Å². The molecule has 1 saturated heterocycles. The Morgan fingerprint density at radius 2 is 2.03 bits per heavy atom. The summed E-state index contributed by atoms with van der Waals surface area (Å²) in [6.45, 7) is 3.04. The molecule has 4 rings (SSSR count). The summed E-state index contributed by atoms with van der Waals surface area (Å²) in [7, 11) is 0. The Morgan fingerprint density at radius 1 is 1.12 bits per heavy atom. The molecule has 2 N–H and O–H groups in total. The van der Waals surface area contributed by atoms with Crippen LogP contribution in [0.2, 0.25) is 0 Å². The molecule has 0 spiro atoms. The number of rotatable bonds is 9. The molecule has 7 heteroatoms. The third kappa shape index (κ3) is 6.67. The molecular formula is C25H30N4O3. The maximum absolute atomic E-state index is 12.5. The van der Waals surface area contributed by atoms with Crippen LogP contribution in [0.5, 0.6) is 0 Å². The number of ether oxygens (including phenoxy) is 2. The van der Waals surface area contributed by atoms with Gasteiger partial charge in [-0.15, -0.1) is 0 Å². The summed E-state index contributed by atoms with van der Waals surface area (Å²) < 4.78 is 13.4. The molecule has 1 aromatic heterocycles. The Bertz CT molecular complexity index is 984. The first-order valence-corrected chi connectivity index (χ1v) is 11.1. The molecule has 7 nitrogen and oxygen atoms in total. The van der Waals surface area contributed by atoms with Gasteiger partial charge in [0.2, 0.25) is 0 Å². The molecule has 0 radical (unpaired) electrons. The summed E-state index contributed by atoms with van der Waals surface area (Å²) in [6, 6.07) is 17.4. The third-order valence-corrected chi connectivity index (χ3v) is 5.48. The maximum Gasteiger partial charge on any atom is 0.319 e.